The monoisotopic (exact) mass is 422 g/mol. The first kappa shape index (κ1) is 20.9. The molecule has 7 nitrogen and oxygen atoms in total. The summed E-state index contributed by atoms with van der Waals surface area (Å²) >= 11 is 0. The SMILES string of the molecule is C[C@@H](NC(=O)OCC1c2ccccc2-c2ccccc21)C(=O)N[C@H]1CCC[C@H]1C(=O)O. The minimum Gasteiger partial charge on any atom is -0.481 e. The maximum atomic E-state index is 12.4. The Kier molecular flexibility index (Phi) is 5.93. The van der Waals surface area contributed by atoms with Gasteiger partial charge in [-0.1, -0.05) is 55.0 Å². The third-order valence-corrected chi connectivity index (χ3v) is 6.23. The van der Waals surface area contributed by atoms with E-state index in [0.29, 0.717) is 12.8 Å². The van der Waals surface area contributed by atoms with Gasteiger partial charge in [0.15, 0.2) is 0 Å². The van der Waals surface area contributed by atoms with Crippen molar-refractivity contribution in [2.75, 3.05) is 6.61 Å². The average molecular weight is 422 g/mol. The molecule has 0 aliphatic heterocycles. The van der Waals surface area contributed by atoms with Gasteiger partial charge in [0.2, 0.25) is 5.91 Å². The number of ether oxygens (including phenoxy) is 1. The second-order valence-electron chi connectivity index (χ2n) is 8.18. The molecule has 2 aliphatic rings. The number of amides is 2. The number of carboxylic acids is 1. The van der Waals surface area contributed by atoms with Crippen molar-refractivity contribution in [3.63, 3.8) is 0 Å². The van der Waals surface area contributed by atoms with Crippen LogP contribution in [0.25, 0.3) is 11.1 Å². The molecule has 0 bridgehead atoms. The Labute approximate surface area is 180 Å². The van der Waals surface area contributed by atoms with Gasteiger partial charge in [-0.15, -0.1) is 0 Å². The molecule has 0 radical (unpaired) electrons. The highest BCUT2D eigenvalue weighted by atomic mass is 16.5. The van der Waals surface area contributed by atoms with E-state index >= 15 is 0 Å². The molecule has 1 saturated carbocycles. The predicted octanol–water partition coefficient (Wildman–Crippen LogP) is 3.28. The second-order valence-corrected chi connectivity index (χ2v) is 8.18. The van der Waals surface area contributed by atoms with Crippen molar-refractivity contribution >= 4 is 18.0 Å². The summed E-state index contributed by atoms with van der Waals surface area (Å²) in [6.07, 6.45) is 1.26. The summed E-state index contributed by atoms with van der Waals surface area (Å²) in [7, 11) is 0. The number of hydrogen-bond acceptors (Lipinski definition) is 4. The molecule has 1 fully saturated rings. The number of carbonyl (C=O) groups excluding carboxylic acids is 2. The van der Waals surface area contributed by atoms with Crippen LogP contribution in [0, 0.1) is 5.92 Å². The van der Waals surface area contributed by atoms with Crippen molar-refractivity contribution in [1.82, 2.24) is 10.6 Å². The third-order valence-electron chi connectivity index (χ3n) is 6.23. The van der Waals surface area contributed by atoms with Crippen LogP contribution in [-0.2, 0) is 14.3 Å². The lowest BCUT2D eigenvalue weighted by molar-refractivity contribution is -0.142. The van der Waals surface area contributed by atoms with Crippen molar-refractivity contribution in [2.24, 2.45) is 5.92 Å². The van der Waals surface area contributed by atoms with E-state index in [1.54, 1.807) is 6.92 Å². The zero-order valence-electron chi connectivity index (χ0n) is 17.3. The number of nitrogens with one attached hydrogen (secondary N) is 2. The Morgan fingerprint density at radius 1 is 1.03 bits per heavy atom. The molecule has 2 aromatic carbocycles. The molecule has 3 N–H and O–H groups in total. The van der Waals surface area contributed by atoms with E-state index in [1.807, 2.05) is 36.4 Å². The quantitative estimate of drug-likeness (QED) is 0.663. The van der Waals surface area contributed by atoms with Crippen LogP contribution in [0.4, 0.5) is 4.79 Å². The van der Waals surface area contributed by atoms with Gasteiger partial charge in [-0.3, -0.25) is 9.59 Å². The average Bonchev–Trinajstić information content (AvgIpc) is 3.35. The first-order valence-corrected chi connectivity index (χ1v) is 10.6. The van der Waals surface area contributed by atoms with Gasteiger partial charge in [0.05, 0.1) is 5.92 Å². The molecule has 0 heterocycles. The van der Waals surface area contributed by atoms with E-state index in [9.17, 15) is 19.5 Å². The van der Waals surface area contributed by atoms with Gasteiger partial charge in [0.1, 0.15) is 12.6 Å². The van der Waals surface area contributed by atoms with Crippen LogP contribution in [0.3, 0.4) is 0 Å². The fourth-order valence-electron chi connectivity index (χ4n) is 4.62. The number of rotatable bonds is 6. The maximum Gasteiger partial charge on any atom is 0.407 e. The van der Waals surface area contributed by atoms with Crippen LogP contribution in [0.1, 0.15) is 43.2 Å². The number of aliphatic carboxylic acids is 1. The van der Waals surface area contributed by atoms with E-state index in [-0.39, 0.29) is 12.5 Å². The van der Waals surface area contributed by atoms with Gasteiger partial charge in [0.25, 0.3) is 0 Å². The molecule has 162 valence electrons. The molecule has 0 saturated heterocycles. The van der Waals surface area contributed by atoms with Gasteiger partial charge in [-0.2, -0.15) is 0 Å². The summed E-state index contributed by atoms with van der Waals surface area (Å²) < 4.78 is 5.47. The van der Waals surface area contributed by atoms with Crippen LogP contribution < -0.4 is 10.6 Å². The Morgan fingerprint density at radius 3 is 2.26 bits per heavy atom. The number of carbonyl (C=O) groups is 3. The topological polar surface area (TPSA) is 105 Å². The van der Waals surface area contributed by atoms with Gasteiger partial charge in [0, 0.05) is 12.0 Å². The molecular weight excluding hydrogens is 396 g/mol. The van der Waals surface area contributed by atoms with Crippen LogP contribution >= 0.6 is 0 Å². The molecule has 0 spiro atoms. The highest BCUT2D eigenvalue weighted by molar-refractivity contribution is 5.86. The summed E-state index contributed by atoms with van der Waals surface area (Å²) in [6.45, 7) is 1.72. The summed E-state index contributed by atoms with van der Waals surface area (Å²) in [5.41, 5.74) is 4.51. The number of carboxylic acid groups (broad SMARTS) is 1. The molecule has 0 aromatic heterocycles. The van der Waals surface area contributed by atoms with Crippen molar-refractivity contribution in [2.45, 2.75) is 44.2 Å². The fraction of sp³-hybridized carbons (Fsp3) is 0.375. The van der Waals surface area contributed by atoms with Gasteiger partial charge in [-0.25, -0.2) is 4.79 Å². The summed E-state index contributed by atoms with van der Waals surface area (Å²) in [5.74, 6) is -1.95. The van der Waals surface area contributed by atoms with Crippen molar-refractivity contribution < 1.29 is 24.2 Å². The van der Waals surface area contributed by atoms with Crippen LogP contribution in [0.2, 0.25) is 0 Å². The van der Waals surface area contributed by atoms with Crippen molar-refractivity contribution in [3.05, 3.63) is 59.7 Å². The number of hydrogen-bond donors (Lipinski definition) is 3. The molecule has 0 unspecified atom stereocenters. The fourth-order valence-corrected chi connectivity index (χ4v) is 4.62. The second kappa shape index (κ2) is 8.79. The first-order valence-electron chi connectivity index (χ1n) is 10.6. The lowest BCUT2D eigenvalue weighted by Crippen LogP contribution is -2.50. The first-order chi connectivity index (χ1) is 15.0. The van der Waals surface area contributed by atoms with Gasteiger partial charge in [-0.05, 0) is 42.0 Å². The summed E-state index contributed by atoms with van der Waals surface area (Å²) in [5, 5.41) is 14.6. The molecular formula is C24H26N2O5. The Hall–Kier alpha value is -3.35. The van der Waals surface area contributed by atoms with E-state index in [2.05, 4.69) is 22.8 Å². The third kappa shape index (κ3) is 4.26. The molecule has 2 amide bonds. The van der Waals surface area contributed by atoms with Crippen molar-refractivity contribution in [3.8, 4) is 11.1 Å². The molecule has 7 heteroatoms. The zero-order valence-corrected chi connectivity index (χ0v) is 17.3. The Balaban J connectivity index is 1.33. The van der Waals surface area contributed by atoms with E-state index in [1.165, 1.54) is 0 Å². The summed E-state index contributed by atoms with van der Waals surface area (Å²) in [6, 6.07) is 14.9. The number of alkyl carbamates (subject to hydrolysis) is 1. The van der Waals surface area contributed by atoms with Crippen LogP contribution in [0.5, 0.6) is 0 Å². The standard InChI is InChI=1S/C24H26N2O5/c1-14(22(27)26-21-12-6-11-19(21)23(28)29)25-24(30)31-13-20-17-9-4-2-7-15(17)16-8-3-5-10-18(16)20/h2-5,7-10,14,19-21H,6,11-13H2,1H3,(H,25,30)(H,26,27)(H,28,29)/t14-,19-,21+/m1/s1. The molecule has 3 atom stereocenters. The zero-order chi connectivity index (χ0) is 22.0. The van der Waals surface area contributed by atoms with Gasteiger partial charge >= 0.3 is 12.1 Å². The lowest BCUT2D eigenvalue weighted by Gasteiger charge is -2.21. The van der Waals surface area contributed by atoms with E-state index in [4.69, 9.17) is 4.74 Å². The van der Waals surface area contributed by atoms with Crippen LogP contribution in [0.15, 0.2) is 48.5 Å². The minimum absolute atomic E-state index is 0.0582. The molecule has 4 rings (SSSR count). The smallest absolute Gasteiger partial charge is 0.407 e. The lowest BCUT2D eigenvalue weighted by atomic mass is 9.98. The maximum absolute atomic E-state index is 12.4. The number of benzene rings is 2. The van der Waals surface area contributed by atoms with Gasteiger partial charge < -0.3 is 20.5 Å². The van der Waals surface area contributed by atoms with Crippen molar-refractivity contribution in [1.29, 1.82) is 0 Å². The summed E-state index contributed by atoms with van der Waals surface area (Å²) in [4.78, 5) is 36.0. The highest BCUT2D eigenvalue weighted by Crippen LogP contribution is 2.44. The predicted molar refractivity (Wildman–Crippen MR) is 115 cm³/mol. The Morgan fingerprint density at radius 2 is 1.65 bits per heavy atom. The Bertz CT molecular complexity index is 959. The molecule has 31 heavy (non-hydrogen) atoms. The number of fused-ring (bicyclic) bond motifs is 3. The van der Waals surface area contributed by atoms with E-state index < -0.39 is 36.0 Å². The van der Waals surface area contributed by atoms with Crippen LogP contribution in [-0.4, -0.2) is 41.8 Å². The molecule has 2 aliphatic carbocycles. The normalized spacial score (nSPS) is 20.4. The largest absolute Gasteiger partial charge is 0.481 e. The molecule has 2 aromatic rings. The highest BCUT2D eigenvalue weighted by Gasteiger charge is 2.35. The van der Waals surface area contributed by atoms with E-state index in [0.717, 1.165) is 28.7 Å². The minimum atomic E-state index is -0.903.